The fourth-order valence-electron chi connectivity index (χ4n) is 2.49. The lowest BCUT2D eigenvalue weighted by molar-refractivity contribution is -0.137. The predicted octanol–water partition coefficient (Wildman–Crippen LogP) is 5.64. The molecule has 0 aliphatic carbocycles. The van der Waals surface area contributed by atoms with Crippen LogP contribution >= 0.6 is 0 Å². The number of rotatable bonds is 16. The quantitative estimate of drug-likeness (QED) is 0.285. The van der Waals surface area contributed by atoms with Crippen LogP contribution in [-0.4, -0.2) is 22.3 Å². The molecule has 0 aromatic rings. The molecular formula is C20H36O3. The van der Waals surface area contributed by atoms with Crippen molar-refractivity contribution in [2.75, 3.05) is 0 Å². The van der Waals surface area contributed by atoms with Crippen molar-refractivity contribution in [2.45, 2.75) is 96.5 Å². The van der Waals surface area contributed by atoms with Crippen molar-refractivity contribution < 1.29 is 15.0 Å². The molecule has 0 rings (SSSR count). The molecule has 0 fully saturated rings. The Labute approximate surface area is 142 Å². The Morgan fingerprint density at radius 3 is 2.22 bits per heavy atom. The summed E-state index contributed by atoms with van der Waals surface area (Å²) in [6.45, 7) is 2.17. The summed E-state index contributed by atoms with van der Waals surface area (Å²) in [5, 5.41) is 18.2. The zero-order valence-electron chi connectivity index (χ0n) is 14.9. The van der Waals surface area contributed by atoms with Crippen LogP contribution in [0.25, 0.3) is 0 Å². The number of aliphatic hydroxyl groups is 1. The van der Waals surface area contributed by atoms with Gasteiger partial charge in [0.1, 0.15) is 0 Å². The van der Waals surface area contributed by atoms with E-state index in [1.165, 1.54) is 38.5 Å². The van der Waals surface area contributed by atoms with Crippen molar-refractivity contribution in [1.29, 1.82) is 0 Å². The molecule has 0 aromatic carbocycles. The van der Waals surface area contributed by atoms with Gasteiger partial charge in [-0.05, 0) is 25.7 Å². The number of aliphatic carboxylic acids is 1. The van der Waals surface area contributed by atoms with Gasteiger partial charge in [0.05, 0.1) is 6.10 Å². The second kappa shape index (κ2) is 17.3. The highest BCUT2D eigenvalue weighted by molar-refractivity contribution is 5.66. The van der Waals surface area contributed by atoms with Crippen molar-refractivity contribution >= 4 is 5.97 Å². The summed E-state index contributed by atoms with van der Waals surface area (Å²) in [4.78, 5) is 10.4. The van der Waals surface area contributed by atoms with Crippen LogP contribution in [0.15, 0.2) is 24.3 Å². The summed E-state index contributed by atoms with van der Waals surface area (Å²) in [5.41, 5.74) is 0. The van der Waals surface area contributed by atoms with Crippen LogP contribution in [-0.2, 0) is 4.79 Å². The molecule has 0 saturated carbocycles. The number of carbonyl (C=O) groups is 1. The number of hydrogen-bond acceptors (Lipinski definition) is 2. The Kier molecular flexibility index (Phi) is 16.4. The minimum atomic E-state index is -0.681. The van der Waals surface area contributed by atoms with Crippen LogP contribution in [0.4, 0.5) is 0 Å². The van der Waals surface area contributed by atoms with Crippen LogP contribution in [0.2, 0.25) is 0 Å². The fourth-order valence-corrected chi connectivity index (χ4v) is 2.49. The molecule has 0 unspecified atom stereocenters. The first kappa shape index (κ1) is 21.9. The van der Waals surface area contributed by atoms with E-state index in [0.29, 0.717) is 6.42 Å². The maximum Gasteiger partial charge on any atom is 0.303 e. The average molecular weight is 325 g/mol. The number of carboxylic acids is 1. The Hall–Kier alpha value is -1.09. The lowest BCUT2D eigenvalue weighted by atomic mass is 10.1. The van der Waals surface area contributed by atoms with E-state index < -0.39 is 5.97 Å². The highest BCUT2D eigenvalue weighted by atomic mass is 16.4. The number of hydrogen-bond donors (Lipinski definition) is 2. The molecule has 3 nitrogen and oxygen atoms in total. The second-order valence-electron chi connectivity index (χ2n) is 6.28. The molecule has 23 heavy (non-hydrogen) atoms. The van der Waals surface area contributed by atoms with Crippen molar-refractivity contribution in [1.82, 2.24) is 0 Å². The molecule has 0 aliphatic rings. The van der Waals surface area contributed by atoms with Crippen molar-refractivity contribution in [3.05, 3.63) is 24.3 Å². The van der Waals surface area contributed by atoms with Crippen molar-refractivity contribution in [3.8, 4) is 0 Å². The Balaban J connectivity index is 3.32. The van der Waals surface area contributed by atoms with Crippen molar-refractivity contribution in [3.63, 3.8) is 0 Å². The topological polar surface area (TPSA) is 57.5 Å². The van der Waals surface area contributed by atoms with Crippen LogP contribution in [0.1, 0.15) is 90.4 Å². The normalized spacial score (nSPS) is 13.1. The minimum Gasteiger partial charge on any atom is -0.481 e. The molecule has 0 heterocycles. The third-order valence-corrected chi connectivity index (χ3v) is 3.95. The van der Waals surface area contributed by atoms with E-state index in [9.17, 15) is 9.90 Å². The Bertz CT molecular complexity index is 321. The molecule has 134 valence electrons. The van der Waals surface area contributed by atoms with E-state index in [4.69, 9.17) is 5.11 Å². The van der Waals surface area contributed by atoms with E-state index in [1.807, 2.05) is 18.2 Å². The second-order valence-corrected chi connectivity index (χ2v) is 6.28. The lowest BCUT2D eigenvalue weighted by Crippen LogP contribution is -2.00. The minimum absolute atomic E-state index is 0.299. The van der Waals surface area contributed by atoms with E-state index in [1.54, 1.807) is 0 Å². The Morgan fingerprint density at radius 1 is 0.913 bits per heavy atom. The van der Waals surface area contributed by atoms with Crippen molar-refractivity contribution in [2.24, 2.45) is 0 Å². The number of unbranched alkanes of at least 4 members (excludes halogenated alkanes) is 9. The Morgan fingerprint density at radius 2 is 1.57 bits per heavy atom. The monoisotopic (exact) mass is 324 g/mol. The summed E-state index contributed by atoms with van der Waals surface area (Å²) < 4.78 is 0. The molecule has 0 spiro atoms. The van der Waals surface area contributed by atoms with Gasteiger partial charge in [0, 0.05) is 6.42 Å². The van der Waals surface area contributed by atoms with Crippen LogP contribution in [0.3, 0.4) is 0 Å². The van der Waals surface area contributed by atoms with Gasteiger partial charge in [-0.1, -0.05) is 82.6 Å². The van der Waals surface area contributed by atoms with Gasteiger partial charge in [-0.25, -0.2) is 0 Å². The lowest BCUT2D eigenvalue weighted by Gasteiger charge is -2.03. The van der Waals surface area contributed by atoms with Gasteiger partial charge in [-0.3, -0.25) is 4.79 Å². The average Bonchev–Trinajstić information content (AvgIpc) is 2.51. The molecule has 0 amide bonds. The van der Waals surface area contributed by atoms with Gasteiger partial charge < -0.3 is 10.2 Å². The summed E-state index contributed by atoms with van der Waals surface area (Å²) in [7, 11) is 0. The standard InChI is InChI=1S/C20H36O3/c1-2-3-13-16-19(21)17-14-11-9-7-5-4-6-8-10-12-15-18-20(22)23/h9,11,14,17,19,21H,2-8,10,12-13,15-16,18H2,1H3,(H,22,23)/b11-9+,17-14+/t19-/m1/s1. The fraction of sp³-hybridized carbons (Fsp3) is 0.750. The summed E-state index contributed by atoms with van der Waals surface area (Å²) >= 11 is 0. The summed E-state index contributed by atoms with van der Waals surface area (Å²) in [5.74, 6) is -0.681. The van der Waals surface area contributed by atoms with Gasteiger partial charge in [-0.15, -0.1) is 0 Å². The summed E-state index contributed by atoms with van der Waals surface area (Å²) in [6.07, 6.45) is 21.4. The van der Waals surface area contributed by atoms with Crippen LogP contribution in [0.5, 0.6) is 0 Å². The molecular weight excluding hydrogens is 288 g/mol. The molecule has 0 saturated heterocycles. The molecule has 2 N–H and O–H groups in total. The molecule has 0 aliphatic heterocycles. The molecule has 3 heteroatoms. The molecule has 0 radical (unpaired) electrons. The van der Waals surface area contributed by atoms with Crippen LogP contribution < -0.4 is 0 Å². The smallest absolute Gasteiger partial charge is 0.303 e. The third-order valence-electron chi connectivity index (χ3n) is 3.95. The van der Waals surface area contributed by atoms with Gasteiger partial charge >= 0.3 is 5.97 Å². The number of allylic oxidation sites excluding steroid dienone is 3. The van der Waals surface area contributed by atoms with Gasteiger partial charge in [0.25, 0.3) is 0 Å². The first-order valence-electron chi connectivity index (χ1n) is 9.40. The molecule has 0 aromatic heterocycles. The highest BCUT2D eigenvalue weighted by Gasteiger charge is 1.97. The number of aliphatic hydroxyl groups excluding tert-OH is 1. The molecule has 0 bridgehead atoms. The van der Waals surface area contributed by atoms with Gasteiger partial charge in [0.2, 0.25) is 0 Å². The van der Waals surface area contributed by atoms with E-state index in [2.05, 4.69) is 13.0 Å². The SMILES string of the molecule is CCCCC[C@@H](O)/C=C/C=C/CCCCCCCCCC(=O)O. The third kappa shape index (κ3) is 18.9. The van der Waals surface area contributed by atoms with Gasteiger partial charge in [0.15, 0.2) is 0 Å². The van der Waals surface area contributed by atoms with E-state index >= 15 is 0 Å². The largest absolute Gasteiger partial charge is 0.481 e. The maximum absolute atomic E-state index is 10.4. The number of carboxylic acid groups (broad SMARTS) is 1. The zero-order valence-corrected chi connectivity index (χ0v) is 14.9. The zero-order chi connectivity index (χ0) is 17.2. The van der Waals surface area contributed by atoms with Crippen LogP contribution in [0, 0.1) is 0 Å². The highest BCUT2D eigenvalue weighted by Crippen LogP contribution is 2.10. The van der Waals surface area contributed by atoms with Gasteiger partial charge in [-0.2, -0.15) is 0 Å². The first-order valence-corrected chi connectivity index (χ1v) is 9.40. The maximum atomic E-state index is 10.4. The first-order chi connectivity index (χ1) is 11.2. The predicted molar refractivity (Wildman–Crippen MR) is 97.6 cm³/mol. The van der Waals surface area contributed by atoms with E-state index in [0.717, 1.165) is 38.5 Å². The van der Waals surface area contributed by atoms with E-state index in [-0.39, 0.29) is 6.10 Å². The molecule has 1 atom stereocenters. The summed E-state index contributed by atoms with van der Waals surface area (Å²) in [6, 6.07) is 0.